The molecule has 0 saturated heterocycles. The van der Waals surface area contributed by atoms with Crippen molar-refractivity contribution in [3.05, 3.63) is 30.3 Å². The van der Waals surface area contributed by atoms with E-state index in [1.54, 1.807) is 0 Å². The fraction of sp³-hybridized carbons (Fsp3) is 0.222. The Labute approximate surface area is 115 Å². The van der Waals surface area contributed by atoms with Crippen LogP contribution in [0.15, 0.2) is 30.3 Å². The minimum absolute atomic E-state index is 0. The molecule has 0 unspecified atom stereocenters. The van der Waals surface area contributed by atoms with Crippen molar-refractivity contribution in [2.75, 3.05) is 5.32 Å². The Hall–Kier alpha value is 0.326. The van der Waals surface area contributed by atoms with Crippen LogP contribution in [0.25, 0.3) is 0 Å². The van der Waals surface area contributed by atoms with E-state index in [2.05, 4.69) is 5.32 Å². The van der Waals surface area contributed by atoms with E-state index in [1.807, 2.05) is 37.3 Å². The molecule has 0 fully saturated rings. The quantitative estimate of drug-likeness (QED) is 0.700. The van der Waals surface area contributed by atoms with E-state index in [0.717, 1.165) is 5.69 Å². The van der Waals surface area contributed by atoms with Gasteiger partial charge in [-0.2, -0.15) is 0 Å². The van der Waals surface area contributed by atoms with Crippen molar-refractivity contribution in [1.29, 1.82) is 0 Å². The number of carbonyl (C=O) groups is 1. The predicted octanol–water partition coefficient (Wildman–Crippen LogP) is 1.39. The van der Waals surface area contributed by atoms with Gasteiger partial charge in [-0.1, -0.05) is 25.1 Å². The molecule has 0 aliphatic rings. The standard InChI is InChI=1S/C9H11NO.K.H/c1-2-9(11)10-8-6-4-3-5-7-8;;/h3-7H,2H2,1H3,(H,10,11);;. The summed E-state index contributed by atoms with van der Waals surface area (Å²) in [6, 6.07) is 9.44. The van der Waals surface area contributed by atoms with E-state index in [-0.39, 0.29) is 57.3 Å². The van der Waals surface area contributed by atoms with Gasteiger partial charge in [0.15, 0.2) is 0 Å². The van der Waals surface area contributed by atoms with Crippen LogP contribution in [0.2, 0.25) is 0 Å². The van der Waals surface area contributed by atoms with E-state index in [4.69, 9.17) is 0 Å². The molecular formula is C9H12KNO. The van der Waals surface area contributed by atoms with Crippen LogP contribution in [0, 0.1) is 0 Å². The number of nitrogens with one attached hydrogen (secondary N) is 1. The van der Waals surface area contributed by atoms with Crippen LogP contribution in [0.5, 0.6) is 0 Å². The van der Waals surface area contributed by atoms with Gasteiger partial charge in [0.2, 0.25) is 5.91 Å². The van der Waals surface area contributed by atoms with E-state index < -0.39 is 0 Å². The molecule has 0 atom stereocenters. The third kappa shape index (κ3) is 4.38. The van der Waals surface area contributed by atoms with Crippen molar-refractivity contribution in [2.24, 2.45) is 0 Å². The number of hydrogen-bond acceptors (Lipinski definition) is 1. The Balaban J connectivity index is 0.00000121. The van der Waals surface area contributed by atoms with Gasteiger partial charge in [0.05, 0.1) is 0 Å². The topological polar surface area (TPSA) is 29.1 Å². The van der Waals surface area contributed by atoms with E-state index >= 15 is 0 Å². The molecule has 1 aromatic carbocycles. The average molecular weight is 189 g/mol. The van der Waals surface area contributed by atoms with Crippen molar-refractivity contribution >= 4 is 63.0 Å². The molecule has 1 rings (SSSR count). The fourth-order valence-electron chi connectivity index (χ4n) is 0.771. The molecule has 1 amide bonds. The number of rotatable bonds is 2. The summed E-state index contributed by atoms with van der Waals surface area (Å²) in [7, 11) is 0. The molecular weight excluding hydrogens is 177 g/mol. The molecule has 60 valence electrons. The van der Waals surface area contributed by atoms with Gasteiger partial charge >= 0.3 is 51.4 Å². The maximum atomic E-state index is 10.9. The minimum atomic E-state index is 0. The van der Waals surface area contributed by atoms with Crippen molar-refractivity contribution in [1.82, 2.24) is 0 Å². The Bertz CT molecular complexity index is 236. The summed E-state index contributed by atoms with van der Waals surface area (Å²) in [5, 5.41) is 2.75. The predicted molar refractivity (Wildman–Crippen MR) is 52.5 cm³/mol. The number of para-hydroxylation sites is 1. The molecule has 0 heterocycles. The summed E-state index contributed by atoms with van der Waals surface area (Å²) in [5.41, 5.74) is 0.861. The first kappa shape index (κ1) is 12.3. The van der Waals surface area contributed by atoms with Gasteiger partial charge in [-0.05, 0) is 12.1 Å². The Morgan fingerprint density at radius 1 is 1.33 bits per heavy atom. The van der Waals surface area contributed by atoms with Crippen LogP contribution >= 0.6 is 0 Å². The van der Waals surface area contributed by atoms with Crippen LogP contribution < -0.4 is 5.32 Å². The zero-order chi connectivity index (χ0) is 8.10. The first-order valence-corrected chi connectivity index (χ1v) is 3.68. The fourth-order valence-corrected chi connectivity index (χ4v) is 0.771. The molecule has 3 heteroatoms. The van der Waals surface area contributed by atoms with Gasteiger partial charge in [-0.15, -0.1) is 0 Å². The molecule has 1 N–H and O–H groups in total. The molecule has 0 radical (unpaired) electrons. The van der Waals surface area contributed by atoms with Crippen molar-refractivity contribution in [3.63, 3.8) is 0 Å². The molecule has 0 spiro atoms. The molecule has 0 bridgehead atoms. The summed E-state index contributed by atoms with van der Waals surface area (Å²) < 4.78 is 0. The SMILES string of the molecule is CCC(=O)Nc1ccccc1.[KH]. The summed E-state index contributed by atoms with van der Waals surface area (Å²) in [4.78, 5) is 10.9. The van der Waals surface area contributed by atoms with Gasteiger partial charge in [-0.25, -0.2) is 0 Å². The Kier molecular flexibility index (Phi) is 6.99. The molecule has 12 heavy (non-hydrogen) atoms. The molecule has 0 aliphatic heterocycles. The van der Waals surface area contributed by atoms with Gasteiger partial charge < -0.3 is 5.32 Å². The summed E-state index contributed by atoms with van der Waals surface area (Å²) in [6.45, 7) is 1.83. The van der Waals surface area contributed by atoms with Gasteiger partial charge in [0.25, 0.3) is 0 Å². The summed E-state index contributed by atoms with van der Waals surface area (Å²) in [6.07, 6.45) is 0.523. The normalized spacial score (nSPS) is 8.42. The molecule has 2 nitrogen and oxygen atoms in total. The number of benzene rings is 1. The Morgan fingerprint density at radius 2 is 1.92 bits per heavy atom. The second kappa shape index (κ2) is 6.80. The first-order valence-electron chi connectivity index (χ1n) is 3.68. The molecule has 0 aromatic heterocycles. The average Bonchev–Trinajstić information content (AvgIpc) is 2.06. The van der Waals surface area contributed by atoms with Gasteiger partial charge in [0, 0.05) is 12.1 Å². The number of carbonyl (C=O) groups excluding carboxylic acids is 1. The van der Waals surface area contributed by atoms with E-state index in [9.17, 15) is 4.79 Å². The number of hydrogen-bond donors (Lipinski definition) is 1. The van der Waals surface area contributed by atoms with Crippen LogP contribution in [-0.4, -0.2) is 57.3 Å². The van der Waals surface area contributed by atoms with E-state index in [1.165, 1.54) is 0 Å². The zero-order valence-electron chi connectivity index (χ0n) is 6.50. The summed E-state index contributed by atoms with van der Waals surface area (Å²) in [5.74, 6) is 0.0520. The second-order valence-electron chi connectivity index (χ2n) is 2.27. The van der Waals surface area contributed by atoms with Gasteiger partial charge in [0.1, 0.15) is 0 Å². The van der Waals surface area contributed by atoms with Crippen LogP contribution in [0.1, 0.15) is 13.3 Å². The van der Waals surface area contributed by atoms with Crippen LogP contribution in [-0.2, 0) is 4.79 Å². The molecule has 1 aromatic rings. The third-order valence-electron chi connectivity index (χ3n) is 1.38. The van der Waals surface area contributed by atoms with Crippen molar-refractivity contribution < 1.29 is 4.79 Å². The third-order valence-corrected chi connectivity index (χ3v) is 1.38. The van der Waals surface area contributed by atoms with Crippen molar-refractivity contribution in [3.8, 4) is 0 Å². The van der Waals surface area contributed by atoms with E-state index in [0.29, 0.717) is 6.42 Å². The first-order chi connectivity index (χ1) is 5.33. The van der Waals surface area contributed by atoms with Crippen molar-refractivity contribution in [2.45, 2.75) is 13.3 Å². The Morgan fingerprint density at radius 3 is 2.42 bits per heavy atom. The number of amides is 1. The zero-order valence-corrected chi connectivity index (χ0v) is 6.50. The summed E-state index contributed by atoms with van der Waals surface area (Å²) >= 11 is 0. The second-order valence-corrected chi connectivity index (χ2v) is 2.27. The number of anilines is 1. The van der Waals surface area contributed by atoms with Crippen LogP contribution in [0.3, 0.4) is 0 Å². The monoisotopic (exact) mass is 189 g/mol. The van der Waals surface area contributed by atoms with Gasteiger partial charge in [-0.3, -0.25) is 4.79 Å². The maximum absolute atomic E-state index is 10.9. The van der Waals surface area contributed by atoms with Crippen LogP contribution in [0.4, 0.5) is 5.69 Å². The molecule has 0 saturated carbocycles. The molecule has 0 aliphatic carbocycles.